The zero-order chi connectivity index (χ0) is 15.1. The van der Waals surface area contributed by atoms with E-state index in [9.17, 15) is 0 Å². The first-order valence-corrected chi connectivity index (χ1v) is 9.23. The number of unbranched alkanes of at least 4 members (excludes halogenated alkanes) is 8. The molecule has 0 bridgehead atoms. The van der Waals surface area contributed by atoms with Gasteiger partial charge in [0.1, 0.15) is 0 Å². The molecular formula is C18H36OS. The van der Waals surface area contributed by atoms with Gasteiger partial charge in [-0.15, -0.1) is 0 Å². The van der Waals surface area contributed by atoms with E-state index in [1.54, 1.807) is 0 Å². The first kappa shape index (κ1) is 19.9. The largest absolute Gasteiger partial charge is 0.487 e. The molecule has 0 amide bonds. The second kappa shape index (κ2) is 15.3. The Morgan fingerprint density at radius 3 is 2.10 bits per heavy atom. The van der Waals surface area contributed by atoms with Gasteiger partial charge in [0.25, 0.3) is 0 Å². The molecule has 0 aromatic rings. The second-order valence-electron chi connectivity index (χ2n) is 6.33. The number of hydrogen-bond donors (Lipinski definition) is 0. The van der Waals surface area contributed by atoms with Crippen molar-refractivity contribution < 1.29 is 4.74 Å². The zero-order valence-electron chi connectivity index (χ0n) is 14.1. The molecule has 120 valence electrons. The van der Waals surface area contributed by atoms with Crippen molar-refractivity contribution in [1.29, 1.82) is 0 Å². The van der Waals surface area contributed by atoms with Crippen molar-refractivity contribution in [2.75, 3.05) is 6.61 Å². The average Bonchev–Trinajstić information content (AvgIpc) is 2.41. The van der Waals surface area contributed by atoms with E-state index in [2.05, 4.69) is 20.8 Å². The van der Waals surface area contributed by atoms with Gasteiger partial charge in [0.05, 0.1) is 6.61 Å². The fraction of sp³-hybridized carbons (Fsp3) is 0.944. The third-order valence-electron chi connectivity index (χ3n) is 3.67. The maximum Gasteiger partial charge on any atom is 0.159 e. The van der Waals surface area contributed by atoms with Crippen LogP contribution in [0.5, 0.6) is 0 Å². The fourth-order valence-corrected chi connectivity index (χ4v) is 2.54. The summed E-state index contributed by atoms with van der Waals surface area (Å²) >= 11 is 5.27. The topological polar surface area (TPSA) is 9.23 Å². The second-order valence-corrected chi connectivity index (χ2v) is 6.79. The summed E-state index contributed by atoms with van der Waals surface area (Å²) in [6.07, 6.45) is 15.4. The molecule has 0 saturated carbocycles. The van der Waals surface area contributed by atoms with Crippen LogP contribution in [-0.4, -0.2) is 11.7 Å². The van der Waals surface area contributed by atoms with Crippen molar-refractivity contribution in [2.45, 2.75) is 97.8 Å². The summed E-state index contributed by atoms with van der Waals surface area (Å²) in [5.41, 5.74) is 0. The number of rotatable bonds is 14. The monoisotopic (exact) mass is 300 g/mol. The lowest BCUT2D eigenvalue weighted by atomic mass is 10.1. The molecule has 0 radical (unpaired) electrons. The molecule has 0 spiro atoms. The average molecular weight is 301 g/mol. The lowest BCUT2D eigenvalue weighted by Gasteiger charge is -2.08. The van der Waals surface area contributed by atoms with Gasteiger partial charge in [-0.05, 0) is 31.0 Å². The molecule has 0 fully saturated rings. The van der Waals surface area contributed by atoms with Crippen LogP contribution in [0.2, 0.25) is 0 Å². The molecule has 0 aliphatic carbocycles. The molecule has 0 aromatic carbocycles. The van der Waals surface area contributed by atoms with E-state index in [1.165, 1.54) is 64.2 Å². The highest BCUT2D eigenvalue weighted by Crippen LogP contribution is 2.10. The standard InChI is InChI=1S/C18H36OS/c1-4-5-6-7-8-9-12-15-18(20)19-16-13-10-11-14-17(2)3/h17H,4-16H2,1-3H3. The van der Waals surface area contributed by atoms with Crippen LogP contribution in [0.3, 0.4) is 0 Å². The van der Waals surface area contributed by atoms with E-state index in [-0.39, 0.29) is 0 Å². The highest BCUT2D eigenvalue weighted by molar-refractivity contribution is 7.80. The van der Waals surface area contributed by atoms with Crippen LogP contribution in [0.1, 0.15) is 97.8 Å². The Morgan fingerprint density at radius 1 is 0.850 bits per heavy atom. The summed E-state index contributed by atoms with van der Waals surface area (Å²) in [5.74, 6) is 0.828. The molecule has 0 unspecified atom stereocenters. The Kier molecular flexibility index (Phi) is 15.2. The first-order valence-electron chi connectivity index (χ1n) is 8.82. The third kappa shape index (κ3) is 15.9. The third-order valence-corrected chi connectivity index (χ3v) is 4.00. The van der Waals surface area contributed by atoms with Crippen LogP contribution in [0.15, 0.2) is 0 Å². The van der Waals surface area contributed by atoms with Gasteiger partial charge in [-0.3, -0.25) is 0 Å². The van der Waals surface area contributed by atoms with Gasteiger partial charge in [0.15, 0.2) is 5.05 Å². The molecule has 0 N–H and O–H groups in total. The molecule has 0 aliphatic rings. The minimum atomic E-state index is 0.827. The number of hydrogen-bond acceptors (Lipinski definition) is 2. The van der Waals surface area contributed by atoms with Gasteiger partial charge in [0, 0.05) is 6.42 Å². The molecule has 0 rings (SSSR count). The molecule has 1 nitrogen and oxygen atoms in total. The van der Waals surface area contributed by atoms with Crippen molar-refractivity contribution in [1.82, 2.24) is 0 Å². The molecule has 2 heteroatoms. The smallest absolute Gasteiger partial charge is 0.159 e. The van der Waals surface area contributed by atoms with E-state index in [4.69, 9.17) is 17.0 Å². The van der Waals surface area contributed by atoms with Gasteiger partial charge in [-0.25, -0.2) is 0 Å². The Morgan fingerprint density at radius 2 is 1.45 bits per heavy atom. The van der Waals surface area contributed by atoms with Gasteiger partial charge in [0.2, 0.25) is 0 Å². The molecule has 0 aromatic heterocycles. The van der Waals surface area contributed by atoms with Crippen LogP contribution in [0.4, 0.5) is 0 Å². The lowest BCUT2D eigenvalue weighted by molar-refractivity contribution is 0.289. The number of ether oxygens (including phenoxy) is 1. The van der Waals surface area contributed by atoms with E-state index in [0.717, 1.165) is 30.4 Å². The van der Waals surface area contributed by atoms with Crippen molar-refractivity contribution >= 4 is 17.3 Å². The molecule has 0 saturated heterocycles. The van der Waals surface area contributed by atoms with Gasteiger partial charge < -0.3 is 4.74 Å². The van der Waals surface area contributed by atoms with E-state index >= 15 is 0 Å². The minimum Gasteiger partial charge on any atom is -0.487 e. The maximum absolute atomic E-state index is 5.63. The molecule has 0 aliphatic heterocycles. The molecule has 20 heavy (non-hydrogen) atoms. The Hall–Kier alpha value is -0.110. The van der Waals surface area contributed by atoms with Crippen molar-refractivity contribution in [2.24, 2.45) is 5.92 Å². The Bertz CT molecular complexity index is 213. The van der Waals surface area contributed by atoms with Crippen LogP contribution in [0.25, 0.3) is 0 Å². The Labute approximate surface area is 132 Å². The van der Waals surface area contributed by atoms with Crippen LogP contribution in [-0.2, 0) is 4.74 Å². The summed E-state index contributed by atoms with van der Waals surface area (Å²) < 4.78 is 5.63. The van der Waals surface area contributed by atoms with E-state index < -0.39 is 0 Å². The predicted molar refractivity (Wildman–Crippen MR) is 94.5 cm³/mol. The number of thiocarbonyl (C=S) groups is 1. The highest BCUT2D eigenvalue weighted by atomic mass is 32.1. The van der Waals surface area contributed by atoms with Gasteiger partial charge >= 0.3 is 0 Å². The molecule has 0 atom stereocenters. The van der Waals surface area contributed by atoms with Crippen molar-refractivity contribution in [3.05, 3.63) is 0 Å². The predicted octanol–water partition coefficient (Wildman–Crippen LogP) is 6.69. The molecule has 0 heterocycles. The summed E-state index contributed by atoms with van der Waals surface area (Å²) in [5, 5.41) is 0.836. The zero-order valence-corrected chi connectivity index (χ0v) is 14.9. The van der Waals surface area contributed by atoms with E-state index in [0.29, 0.717) is 0 Å². The Balaban J connectivity index is 3.17. The quantitative estimate of drug-likeness (QED) is 0.261. The van der Waals surface area contributed by atoms with Gasteiger partial charge in [-0.2, -0.15) is 0 Å². The normalized spacial score (nSPS) is 11.0. The van der Waals surface area contributed by atoms with Crippen molar-refractivity contribution in [3.8, 4) is 0 Å². The van der Waals surface area contributed by atoms with Crippen LogP contribution in [0, 0.1) is 5.92 Å². The van der Waals surface area contributed by atoms with Crippen LogP contribution >= 0.6 is 12.2 Å². The lowest BCUT2D eigenvalue weighted by Crippen LogP contribution is -2.03. The van der Waals surface area contributed by atoms with Crippen molar-refractivity contribution in [3.63, 3.8) is 0 Å². The maximum atomic E-state index is 5.63. The van der Waals surface area contributed by atoms with E-state index in [1.807, 2.05) is 0 Å². The van der Waals surface area contributed by atoms with Crippen LogP contribution < -0.4 is 0 Å². The summed E-state index contributed by atoms with van der Waals surface area (Å²) in [6, 6.07) is 0. The van der Waals surface area contributed by atoms with Gasteiger partial charge in [-0.1, -0.05) is 78.6 Å². The summed E-state index contributed by atoms with van der Waals surface area (Å²) in [7, 11) is 0. The minimum absolute atomic E-state index is 0.827. The molecular weight excluding hydrogens is 264 g/mol. The fourth-order valence-electron chi connectivity index (χ4n) is 2.32. The highest BCUT2D eigenvalue weighted by Gasteiger charge is 1.99. The summed E-state index contributed by atoms with van der Waals surface area (Å²) in [6.45, 7) is 7.66. The summed E-state index contributed by atoms with van der Waals surface area (Å²) in [4.78, 5) is 0. The SMILES string of the molecule is CCCCCCCCCC(=S)OCCCCCC(C)C. The first-order chi connectivity index (χ1) is 9.66.